The highest BCUT2D eigenvalue weighted by atomic mass is 35.5. The van der Waals surface area contributed by atoms with E-state index in [0.717, 1.165) is 6.29 Å². The molecule has 0 aromatic heterocycles. The van der Waals surface area contributed by atoms with E-state index in [0.29, 0.717) is 43.7 Å². The number of benzene rings is 2. The Morgan fingerprint density at radius 1 is 1.15 bits per heavy atom. The van der Waals surface area contributed by atoms with E-state index in [9.17, 15) is 14.7 Å². The van der Waals surface area contributed by atoms with Crippen LogP contribution in [0.1, 0.15) is 28.4 Å². The normalized spacial score (nSPS) is 12.0. The highest BCUT2D eigenvalue weighted by molar-refractivity contribution is 6.42. The van der Waals surface area contributed by atoms with Gasteiger partial charge in [0.1, 0.15) is 24.7 Å². The van der Waals surface area contributed by atoms with Crippen molar-refractivity contribution in [2.75, 3.05) is 5.32 Å². The van der Waals surface area contributed by atoms with Crippen LogP contribution in [0.25, 0.3) is 0 Å². The van der Waals surface area contributed by atoms with Gasteiger partial charge in [0, 0.05) is 11.3 Å². The van der Waals surface area contributed by atoms with Crippen LogP contribution in [0.2, 0.25) is 15.1 Å². The molecule has 0 fully saturated rings. The van der Waals surface area contributed by atoms with E-state index in [1.54, 1.807) is 31.2 Å². The third-order valence-electron chi connectivity index (χ3n) is 3.58. The summed E-state index contributed by atoms with van der Waals surface area (Å²) in [6.07, 6.45) is 0.555. The third-order valence-corrected chi connectivity index (χ3v) is 4.80. The second kappa shape index (κ2) is 10.9. The number of aliphatic hydroxyl groups excluding tert-OH is 1. The Balaban J connectivity index is 0.000000309. The average molecular weight is 428 g/mol. The number of halogens is 3. The third kappa shape index (κ3) is 6.53. The maximum atomic E-state index is 10.8. The van der Waals surface area contributed by atoms with Gasteiger partial charge in [-0.1, -0.05) is 40.9 Å². The molecular formula is C19H17Cl3N2O3. The van der Waals surface area contributed by atoms with Crippen molar-refractivity contribution >= 4 is 53.1 Å². The number of nitriles is 1. The van der Waals surface area contributed by atoms with Gasteiger partial charge in [0.25, 0.3) is 0 Å². The van der Waals surface area contributed by atoms with Crippen molar-refractivity contribution in [1.82, 2.24) is 0 Å². The van der Waals surface area contributed by atoms with Crippen molar-refractivity contribution in [3.63, 3.8) is 0 Å². The number of aldehydes is 2. The van der Waals surface area contributed by atoms with E-state index in [1.165, 1.54) is 13.0 Å². The summed E-state index contributed by atoms with van der Waals surface area (Å²) in [5.74, 6) is 0. The maximum Gasteiger partial charge on any atom is 0.150 e. The molecule has 0 radical (unpaired) electrons. The summed E-state index contributed by atoms with van der Waals surface area (Å²) in [6, 6.07) is 9.24. The van der Waals surface area contributed by atoms with E-state index in [1.807, 2.05) is 6.07 Å². The van der Waals surface area contributed by atoms with E-state index in [2.05, 4.69) is 5.32 Å². The molecule has 2 rings (SSSR count). The van der Waals surface area contributed by atoms with Gasteiger partial charge in [-0.05, 0) is 43.7 Å². The monoisotopic (exact) mass is 426 g/mol. The lowest BCUT2D eigenvalue weighted by Crippen LogP contribution is -2.33. The molecule has 2 atom stereocenters. The first-order valence-corrected chi connectivity index (χ1v) is 8.87. The molecule has 0 spiro atoms. The molecule has 0 aliphatic heterocycles. The lowest BCUT2D eigenvalue weighted by atomic mass is 10.1. The largest absolute Gasteiger partial charge is 0.391 e. The standard InChI is InChI=1S/C12H13ClN2O2.C7H4Cl2O/c1-7-10(15-11(6-16)8(2)17)4-3-9(5-14)12(7)13;8-6-2-1-5(4-10)3-7(6)9/h3-4,6,8,11,15,17H,1-2H3;1-4H/t8-,11+;/m1./s1. The fourth-order valence-electron chi connectivity index (χ4n) is 1.96. The highest BCUT2D eigenvalue weighted by Gasteiger charge is 2.16. The van der Waals surface area contributed by atoms with Gasteiger partial charge in [0.05, 0.1) is 26.7 Å². The molecule has 2 aromatic rings. The number of nitrogens with one attached hydrogen (secondary N) is 1. The number of anilines is 1. The Hall–Kier alpha value is -2.10. The van der Waals surface area contributed by atoms with Crippen molar-refractivity contribution in [3.05, 3.63) is 62.1 Å². The first-order chi connectivity index (χ1) is 12.7. The summed E-state index contributed by atoms with van der Waals surface area (Å²) in [7, 11) is 0. The molecule has 0 amide bonds. The van der Waals surface area contributed by atoms with Crippen LogP contribution >= 0.6 is 34.8 Å². The zero-order valence-electron chi connectivity index (χ0n) is 14.5. The van der Waals surface area contributed by atoms with Crippen LogP contribution in [0.3, 0.4) is 0 Å². The van der Waals surface area contributed by atoms with Gasteiger partial charge in [0.2, 0.25) is 0 Å². The molecule has 2 N–H and O–H groups in total. The van der Waals surface area contributed by atoms with Gasteiger partial charge in [-0.3, -0.25) is 4.79 Å². The number of nitrogens with zero attached hydrogens (tertiary/aromatic N) is 1. The summed E-state index contributed by atoms with van der Waals surface area (Å²) in [5.41, 5.74) is 2.23. The van der Waals surface area contributed by atoms with Crippen LogP contribution in [-0.4, -0.2) is 29.8 Å². The summed E-state index contributed by atoms with van der Waals surface area (Å²) in [6.45, 7) is 3.27. The molecule has 0 unspecified atom stereocenters. The van der Waals surface area contributed by atoms with Crippen LogP contribution in [-0.2, 0) is 4.79 Å². The number of carbonyl (C=O) groups is 2. The van der Waals surface area contributed by atoms with Crippen LogP contribution < -0.4 is 5.32 Å². The van der Waals surface area contributed by atoms with Crippen molar-refractivity contribution in [2.45, 2.75) is 26.0 Å². The Morgan fingerprint density at radius 2 is 1.81 bits per heavy atom. The molecule has 0 saturated carbocycles. The Labute approximate surface area is 172 Å². The number of hydrogen-bond donors (Lipinski definition) is 2. The van der Waals surface area contributed by atoms with Gasteiger partial charge >= 0.3 is 0 Å². The predicted octanol–water partition coefficient (Wildman–Crippen LogP) is 4.69. The lowest BCUT2D eigenvalue weighted by Gasteiger charge is -2.19. The van der Waals surface area contributed by atoms with Crippen LogP contribution in [0.5, 0.6) is 0 Å². The quantitative estimate of drug-likeness (QED) is 0.676. The second-order valence-electron chi connectivity index (χ2n) is 5.55. The van der Waals surface area contributed by atoms with E-state index in [4.69, 9.17) is 40.1 Å². The summed E-state index contributed by atoms with van der Waals surface area (Å²) in [5, 5.41) is 22.3. The van der Waals surface area contributed by atoms with Crippen molar-refractivity contribution in [2.24, 2.45) is 0 Å². The number of carbonyl (C=O) groups excluding carboxylic acids is 2. The van der Waals surface area contributed by atoms with Crippen LogP contribution in [0, 0.1) is 18.3 Å². The molecule has 142 valence electrons. The average Bonchev–Trinajstić information content (AvgIpc) is 2.65. The fourth-order valence-corrected chi connectivity index (χ4v) is 2.47. The number of rotatable bonds is 5. The van der Waals surface area contributed by atoms with Crippen LogP contribution in [0.15, 0.2) is 30.3 Å². The fraction of sp³-hybridized carbons (Fsp3) is 0.211. The Bertz CT molecular complexity index is 864. The minimum absolute atomic E-state index is 0.354. The van der Waals surface area contributed by atoms with E-state index >= 15 is 0 Å². The van der Waals surface area contributed by atoms with Crippen molar-refractivity contribution in [3.8, 4) is 6.07 Å². The molecule has 0 aliphatic carbocycles. The van der Waals surface area contributed by atoms with Gasteiger partial charge in [-0.2, -0.15) is 5.26 Å². The molecule has 2 aromatic carbocycles. The first-order valence-electron chi connectivity index (χ1n) is 7.74. The molecule has 0 heterocycles. The smallest absolute Gasteiger partial charge is 0.150 e. The van der Waals surface area contributed by atoms with Crippen LogP contribution in [0.4, 0.5) is 5.69 Å². The predicted molar refractivity (Wildman–Crippen MR) is 108 cm³/mol. The molecule has 0 aliphatic rings. The SMILES string of the molecule is Cc1c(N[C@@H](C=O)[C@@H](C)O)ccc(C#N)c1Cl.O=Cc1ccc(Cl)c(Cl)c1. The summed E-state index contributed by atoms with van der Waals surface area (Å²) in [4.78, 5) is 20.9. The van der Waals surface area contributed by atoms with Gasteiger partial charge in [0.15, 0.2) is 0 Å². The van der Waals surface area contributed by atoms with Crippen molar-refractivity contribution in [1.29, 1.82) is 5.26 Å². The Kier molecular flexibility index (Phi) is 9.27. The van der Waals surface area contributed by atoms with Gasteiger partial charge < -0.3 is 15.2 Å². The second-order valence-corrected chi connectivity index (χ2v) is 6.74. The molecular weight excluding hydrogens is 411 g/mol. The summed E-state index contributed by atoms with van der Waals surface area (Å²) < 4.78 is 0. The zero-order chi connectivity index (χ0) is 20.6. The zero-order valence-corrected chi connectivity index (χ0v) is 16.8. The topological polar surface area (TPSA) is 90.2 Å². The summed E-state index contributed by atoms with van der Waals surface area (Å²) >= 11 is 17.2. The van der Waals surface area contributed by atoms with Gasteiger partial charge in [-0.15, -0.1) is 0 Å². The van der Waals surface area contributed by atoms with E-state index < -0.39 is 12.1 Å². The first kappa shape index (κ1) is 22.9. The molecule has 0 saturated heterocycles. The Morgan fingerprint density at radius 3 is 2.30 bits per heavy atom. The molecule has 5 nitrogen and oxygen atoms in total. The number of hydrogen-bond acceptors (Lipinski definition) is 5. The minimum Gasteiger partial charge on any atom is -0.391 e. The highest BCUT2D eigenvalue weighted by Crippen LogP contribution is 2.27. The van der Waals surface area contributed by atoms with E-state index in [-0.39, 0.29) is 0 Å². The van der Waals surface area contributed by atoms with Gasteiger partial charge in [-0.25, -0.2) is 0 Å². The molecule has 8 heteroatoms. The maximum absolute atomic E-state index is 10.8. The lowest BCUT2D eigenvalue weighted by molar-refractivity contribution is -0.110. The molecule has 27 heavy (non-hydrogen) atoms. The minimum atomic E-state index is -0.804. The molecule has 0 bridgehead atoms. The number of aliphatic hydroxyl groups is 1. The van der Waals surface area contributed by atoms with Crippen molar-refractivity contribution < 1.29 is 14.7 Å².